The van der Waals surface area contributed by atoms with E-state index in [9.17, 15) is 34.5 Å². The zero-order valence-corrected chi connectivity index (χ0v) is 21.2. The normalized spacial score (nSPS) is 15.4. The molecule has 1 rings (SSSR count). The fourth-order valence-corrected chi connectivity index (χ4v) is 3.64. The number of aliphatic hydroxyl groups excluding tert-OH is 1. The van der Waals surface area contributed by atoms with Gasteiger partial charge in [0.2, 0.25) is 17.7 Å². The van der Waals surface area contributed by atoms with E-state index in [1.54, 1.807) is 26.0 Å². The van der Waals surface area contributed by atoms with Crippen LogP contribution in [0.3, 0.4) is 0 Å². The maximum atomic E-state index is 12.9. The van der Waals surface area contributed by atoms with E-state index in [4.69, 9.17) is 5.73 Å². The van der Waals surface area contributed by atoms with Gasteiger partial charge >= 0.3 is 5.97 Å². The first kappa shape index (κ1) is 30.2. The highest BCUT2D eigenvalue weighted by atomic mass is 32.2. The summed E-state index contributed by atoms with van der Waals surface area (Å²) in [6, 6.07) is 1.26. The summed E-state index contributed by atoms with van der Waals surface area (Å²) in [6.07, 6.45) is 0.938. The van der Waals surface area contributed by atoms with E-state index in [0.29, 0.717) is 17.7 Å². The van der Waals surface area contributed by atoms with E-state index in [-0.39, 0.29) is 12.2 Å². The van der Waals surface area contributed by atoms with Gasteiger partial charge in [0, 0.05) is 6.42 Å². The number of carbonyl (C=O) groups is 4. The molecule has 0 fully saturated rings. The SMILES string of the molecule is CSCCC(N)C(=O)NC(C(=O)NC(C(=O)NC(Cc1ccc(O)cc1)C(=O)O)C(C)C)C(C)O. The number of phenols is 1. The Balaban J connectivity index is 2.92. The second kappa shape index (κ2) is 14.5. The van der Waals surface area contributed by atoms with Crippen LogP contribution in [0, 0.1) is 5.92 Å². The van der Waals surface area contributed by atoms with Crippen LogP contribution in [-0.4, -0.2) is 81.3 Å². The molecule has 0 bridgehead atoms. The lowest BCUT2D eigenvalue weighted by Crippen LogP contribution is -2.60. The number of benzene rings is 1. The third kappa shape index (κ3) is 10.1. The summed E-state index contributed by atoms with van der Waals surface area (Å²) in [7, 11) is 0. The average Bonchev–Trinajstić information content (AvgIpc) is 2.79. The summed E-state index contributed by atoms with van der Waals surface area (Å²) in [6.45, 7) is 4.64. The van der Waals surface area contributed by atoms with Crippen molar-refractivity contribution in [2.45, 2.75) is 63.9 Å². The van der Waals surface area contributed by atoms with E-state index in [1.807, 2.05) is 6.26 Å². The predicted molar refractivity (Wildman–Crippen MR) is 133 cm³/mol. The van der Waals surface area contributed by atoms with Crippen LogP contribution < -0.4 is 21.7 Å². The third-order valence-corrected chi connectivity index (χ3v) is 5.91. The monoisotopic (exact) mass is 512 g/mol. The molecule has 0 spiro atoms. The zero-order chi connectivity index (χ0) is 26.7. The minimum absolute atomic E-state index is 0.0252. The van der Waals surface area contributed by atoms with Crippen molar-refractivity contribution in [3.8, 4) is 5.75 Å². The molecule has 0 aliphatic carbocycles. The van der Waals surface area contributed by atoms with Crippen molar-refractivity contribution in [2.75, 3.05) is 12.0 Å². The lowest BCUT2D eigenvalue weighted by molar-refractivity contribution is -0.142. The van der Waals surface area contributed by atoms with Crippen molar-refractivity contribution >= 4 is 35.5 Å². The van der Waals surface area contributed by atoms with E-state index in [0.717, 1.165) is 0 Å². The van der Waals surface area contributed by atoms with Crippen molar-refractivity contribution < 1.29 is 34.5 Å². The van der Waals surface area contributed by atoms with Gasteiger partial charge in [-0.25, -0.2) is 4.79 Å². The minimum atomic E-state index is -1.36. The van der Waals surface area contributed by atoms with Gasteiger partial charge < -0.3 is 37.0 Å². The molecule has 35 heavy (non-hydrogen) atoms. The molecule has 1 aromatic rings. The van der Waals surface area contributed by atoms with Gasteiger partial charge in [-0.3, -0.25) is 14.4 Å². The van der Waals surface area contributed by atoms with Crippen LogP contribution in [0.4, 0.5) is 0 Å². The van der Waals surface area contributed by atoms with Crippen molar-refractivity contribution in [3.63, 3.8) is 0 Å². The zero-order valence-electron chi connectivity index (χ0n) is 20.4. The highest BCUT2D eigenvalue weighted by molar-refractivity contribution is 7.98. The fourth-order valence-electron chi connectivity index (χ4n) is 3.15. The molecule has 0 heterocycles. The van der Waals surface area contributed by atoms with E-state index >= 15 is 0 Å². The lowest BCUT2D eigenvalue weighted by Gasteiger charge is -2.28. The molecule has 3 amide bonds. The molecule has 5 atom stereocenters. The Morgan fingerprint density at radius 2 is 1.49 bits per heavy atom. The summed E-state index contributed by atoms with van der Waals surface area (Å²) in [5.41, 5.74) is 6.41. The van der Waals surface area contributed by atoms with Gasteiger partial charge in [-0.05, 0) is 49.0 Å². The summed E-state index contributed by atoms with van der Waals surface area (Å²) >= 11 is 1.52. The molecule has 196 valence electrons. The number of phenolic OH excluding ortho intramolecular Hbond substituents is 1. The molecule has 11 nitrogen and oxygen atoms in total. The molecule has 0 saturated heterocycles. The number of carboxylic acid groups (broad SMARTS) is 1. The average molecular weight is 513 g/mol. The first-order valence-corrected chi connectivity index (χ1v) is 12.6. The Labute approximate surface area is 209 Å². The third-order valence-electron chi connectivity index (χ3n) is 5.27. The van der Waals surface area contributed by atoms with Crippen molar-refractivity contribution in [1.82, 2.24) is 16.0 Å². The number of carboxylic acids is 1. The number of aliphatic carboxylic acids is 1. The fraction of sp³-hybridized carbons (Fsp3) is 0.565. The Kier molecular flexibility index (Phi) is 12.5. The number of hydrogen-bond acceptors (Lipinski definition) is 8. The van der Waals surface area contributed by atoms with Crippen molar-refractivity contribution in [3.05, 3.63) is 29.8 Å². The van der Waals surface area contributed by atoms with Crippen LogP contribution in [-0.2, 0) is 25.6 Å². The van der Waals surface area contributed by atoms with E-state index < -0.39 is 59.9 Å². The van der Waals surface area contributed by atoms with Crippen LogP contribution >= 0.6 is 11.8 Å². The van der Waals surface area contributed by atoms with Gasteiger partial charge in [0.25, 0.3) is 0 Å². The summed E-state index contributed by atoms with van der Waals surface area (Å²) in [4.78, 5) is 49.9. The number of nitrogens with one attached hydrogen (secondary N) is 3. The molecule has 8 N–H and O–H groups in total. The molecule has 0 aliphatic rings. The second-order valence-corrected chi connectivity index (χ2v) is 9.60. The Hall–Kier alpha value is -2.83. The van der Waals surface area contributed by atoms with Gasteiger partial charge in [-0.1, -0.05) is 26.0 Å². The van der Waals surface area contributed by atoms with Gasteiger partial charge in [-0.2, -0.15) is 11.8 Å². The van der Waals surface area contributed by atoms with Crippen LogP contribution in [0.5, 0.6) is 5.75 Å². The van der Waals surface area contributed by atoms with Crippen LogP contribution in [0.25, 0.3) is 0 Å². The molecule has 0 radical (unpaired) electrons. The minimum Gasteiger partial charge on any atom is -0.508 e. The van der Waals surface area contributed by atoms with Gasteiger partial charge in [0.05, 0.1) is 12.1 Å². The Bertz CT molecular complexity index is 864. The van der Waals surface area contributed by atoms with Gasteiger partial charge in [0.15, 0.2) is 0 Å². The van der Waals surface area contributed by atoms with Crippen LogP contribution in [0.1, 0.15) is 32.8 Å². The smallest absolute Gasteiger partial charge is 0.326 e. The first-order chi connectivity index (χ1) is 16.4. The number of aliphatic hydroxyl groups is 1. The van der Waals surface area contributed by atoms with Crippen LogP contribution in [0.2, 0.25) is 0 Å². The molecule has 12 heteroatoms. The van der Waals surface area contributed by atoms with E-state index in [1.165, 1.54) is 30.8 Å². The molecule has 1 aromatic carbocycles. The molecule has 0 aromatic heterocycles. The number of hydrogen-bond donors (Lipinski definition) is 7. The van der Waals surface area contributed by atoms with Gasteiger partial charge in [-0.15, -0.1) is 0 Å². The molecule has 0 aliphatic heterocycles. The lowest BCUT2D eigenvalue weighted by atomic mass is 10.0. The number of rotatable bonds is 14. The van der Waals surface area contributed by atoms with Gasteiger partial charge in [0.1, 0.15) is 23.9 Å². The summed E-state index contributed by atoms with van der Waals surface area (Å²) < 4.78 is 0. The molecular formula is C23H36N4O7S. The largest absolute Gasteiger partial charge is 0.508 e. The number of aromatic hydroxyl groups is 1. The highest BCUT2D eigenvalue weighted by Crippen LogP contribution is 2.12. The quantitative estimate of drug-likeness (QED) is 0.174. The first-order valence-electron chi connectivity index (χ1n) is 11.2. The van der Waals surface area contributed by atoms with Crippen molar-refractivity contribution in [1.29, 1.82) is 0 Å². The maximum Gasteiger partial charge on any atom is 0.326 e. The predicted octanol–water partition coefficient (Wildman–Crippen LogP) is -0.409. The molecule has 5 unspecified atom stereocenters. The maximum absolute atomic E-state index is 12.9. The topological polar surface area (TPSA) is 191 Å². The van der Waals surface area contributed by atoms with Crippen molar-refractivity contribution in [2.24, 2.45) is 11.7 Å². The Morgan fingerprint density at radius 3 is 1.97 bits per heavy atom. The summed E-state index contributed by atoms with van der Waals surface area (Å²) in [5, 5.41) is 36.4. The standard InChI is InChI=1S/C23H36N4O7S/c1-12(2)18(21(31)25-17(23(33)34)11-14-5-7-15(29)8-6-14)26-22(32)19(13(3)28)27-20(30)16(24)9-10-35-4/h5-8,12-13,16-19,28-29H,9-11,24H2,1-4H3,(H,25,31)(H,26,32)(H,27,30)(H,33,34). The number of thioether (sulfide) groups is 1. The van der Waals surface area contributed by atoms with E-state index in [2.05, 4.69) is 16.0 Å². The highest BCUT2D eigenvalue weighted by Gasteiger charge is 2.33. The molecular weight excluding hydrogens is 476 g/mol. The number of nitrogens with two attached hydrogens (primary N) is 1. The second-order valence-electron chi connectivity index (χ2n) is 8.62. The number of carbonyl (C=O) groups excluding carboxylic acids is 3. The van der Waals surface area contributed by atoms with Crippen LogP contribution in [0.15, 0.2) is 24.3 Å². The summed E-state index contributed by atoms with van der Waals surface area (Å²) in [5.74, 6) is -3.17. The number of amides is 3. The Morgan fingerprint density at radius 1 is 0.943 bits per heavy atom. The molecule has 0 saturated carbocycles.